The number of ether oxygens (including phenoxy) is 1. The predicted molar refractivity (Wildman–Crippen MR) is 136 cm³/mol. The topological polar surface area (TPSA) is 133 Å². The van der Waals surface area contributed by atoms with Crippen molar-refractivity contribution < 1.29 is 19.2 Å². The predicted octanol–water partition coefficient (Wildman–Crippen LogP) is 4.25. The van der Waals surface area contributed by atoms with E-state index >= 15 is 0 Å². The standard InChI is InChI=1S/C22H15BrN4O6S2/c23-15-6-1-2-7-18(15)33-11-19(29)25-26-21(30)20-16(8-9-34-20)24-22(26)35-12-17(28)13-4-3-5-14(10-13)27(31)32/h1-10H,11-12H2,(H,25,29). The SMILES string of the molecule is O=C(COc1ccccc1Br)Nn1c(SCC(=O)c2cccc([N+](=O)[O-])c2)nc2ccsc2c1=O. The number of halogens is 1. The summed E-state index contributed by atoms with van der Waals surface area (Å²) in [5, 5.41) is 12.8. The van der Waals surface area contributed by atoms with Gasteiger partial charge in [0.1, 0.15) is 10.4 Å². The summed E-state index contributed by atoms with van der Waals surface area (Å²) in [7, 11) is 0. The largest absolute Gasteiger partial charge is 0.483 e. The number of nitrogens with one attached hydrogen (secondary N) is 1. The summed E-state index contributed by atoms with van der Waals surface area (Å²) in [5.41, 5.74) is 2.38. The van der Waals surface area contributed by atoms with Crippen LogP contribution in [0.5, 0.6) is 5.75 Å². The summed E-state index contributed by atoms with van der Waals surface area (Å²) in [6.45, 7) is -0.367. The molecule has 178 valence electrons. The zero-order valence-corrected chi connectivity index (χ0v) is 20.9. The van der Waals surface area contributed by atoms with E-state index in [-0.39, 0.29) is 28.8 Å². The number of hydrogen-bond acceptors (Lipinski definition) is 9. The second-order valence-electron chi connectivity index (χ2n) is 6.94. The van der Waals surface area contributed by atoms with Crippen LogP contribution < -0.4 is 15.7 Å². The minimum Gasteiger partial charge on any atom is -0.483 e. The van der Waals surface area contributed by atoms with Gasteiger partial charge in [-0.25, -0.2) is 4.98 Å². The summed E-state index contributed by atoms with van der Waals surface area (Å²) in [6, 6.07) is 14.0. The van der Waals surface area contributed by atoms with Gasteiger partial charge in [0, 0.05) is 17.7 Å². The molecule has 2 aromatic carbocycles. The molecule has 35 heavy (non-hydrogen) atoms. The smallest absolute Gasteiger partial charge is 0.291 e. The average Bonchev–Trinajstić information content (AvgIpc) is 3.33. The highest BCUT2D eigenvalue weighted by atomic mass is 79.9. The highest BCUT2D eigenvalue weighted by Gasteiger charge is 2.18. The molecule has 0 unspecified atom stereocenters. The van der Waals surface area contributed by atoms with Crippen molar-refractivity contribution in [1.29, 1.82) is 0 Å². The van der Waals surface area contributed by atoms with Crippen LogP contribution in [0.1, 0.15) is 10.4 Å². The van der Waals surface area contributed by atoms with Gasteiger partial charge in [-0.2, -0.15) is 4.68 Å². The lowest BCUT2D eigenvalue weighted by atomic mass is 10.1. The zero-order chi connectivity index (χ0) is 24.9. The average molecular weight is 575 g/mol. The van der Waals surface area contributed by atoms with Crippen LogP contribution in [0.15, 0.2) is 74.4 Å². The first kappa shape index (κ1) is 24.6. The number of ketones is 1. The van der Waals surface area contributed by atoms with E-state index in [9.17, 15) is 24.5 Å². The number of thioether (sulfide) groups is 1. The molecule has 0 spiro atoms. The van der Waals surface area contributed by atoms with Gasteiger partial charge in [0.15, 0.2) is 17.5 Å². The van der Waals surface area contributed by atoms with Gasteiger partial charge in [-0.05, 0) is 39.5 Å². The molecule has 0 bridgehead atoms. The molecule has 0 aliphatic heterocycles. The third kappa shape index (κ3) is 5.75. The Bertz CT molecular complexity index is 1500. The van der Waals surface area contributed by atoms with Crippen molar-refractivity contribution in [2.75, 3.05) is 17.8 Å². The van der Waals surface area contributed by atoms with Gasteiger partial charge in [-0.1, -0.05) is 36.0 Å². The van der Waals surface area contributed by atoms with E-state index in [2.05, 4.69) is 26.3 Å². The van der Waals surface area contributed by atoms with Crippen LogP contribution in [0.3, 0.4) is 0 Å². The Hall–Kier alpha value is -3.55. The number of non-ortho nitro benzene ring substituents is 1. The molecule has 0 fully saturated rings. The number of fused-ring (bicyclic) bond motifs is 1. The molecule has 0 radical (unpaired) electrons. The molecule has 0 saturated carbocycles. The van der Waals surface area contributed by atoms with Crippen molar-refractivity contribution in [2.45, 2.75) is 5.16 Å². The van der Waals surface area contributed by atoms with Crippen LogP contribution in [0, 0.1) is 10.1 Å². The van der Waals surface area contributed by atoms with Crippen molar-refractivity contribution in [2.24, 2.45) is 0 Å². The Morgan fingerprint density at radius 3 is 2.77 bits per heavy atom. The molecular weight excluding hydrogens is 560 g/mol. The first-order valence-corrected chi connectivity index (χ1v) is 12.6. The maximum Gasteiger partial charge on any atom is 0.291 e. The van der Waals surface area contributed by atoms with Crippen molar-refractivity contribution in [3.63, 3.8) is 0 Å². The lowest BCUT2D eigenvalue weighted by molar-refractivity contribution is -0.384. The first-order valence-electron chi connectivity index (χ1n) is 9.91. The molecule has 0 atom stereocenters. The van der Waals surface area contributed by atoms with Crippen LogP contribution in [0.4, 0.5) is 5.69 Å². The highest BCUT2D eigenvalue weighted by Crippen LogP contribution is 2.24. The van der Waals surface area contributed by atoms with Crippen molar-refractivity contribution >= 4 is 66.6 Å². The van der Waals surface area contributed by atoms with Crippen LogP contribution in [-0.2, 0) is 4.79 Å². The molecular formula is C22H15BrN4O6S2. The molecule has 2 aromatic heterocycles. The van der Waals surface area contributed by atoms with E-state index in [1.807, 2.05) is 0 Å². The van der Waals surface area contributed by atoms with Crippen molar-refractivity contribution in [1.82, 2.24) is 9.66 Å². The van der Waals surface area contributed by atoms with Crippen LogP contribution in [0.2, 0.25) is 0 Å². The number of aromatic nitrogens is 2. The monoisotopic (exact) mass is 574 g/mol. The molecule has 1 amide bonds. The van der Waals surface area contributed by atoms with Gasteiger partial charge in [0.05, 0.1) is 20.7 Å². The van der Waals surface area contributed by atoms with Gasteiger partial charge in [-0.15, -0.1) is 11.3 Å². The molecule has 2 heterocycles. The Morgan fingerprint density at radius 2 is 2.00 bits per heavy atom. The number of carbonyl (C=O) groups excluding carboxylic acids is 2. The Labute approximate surface area is 214 Å². The number of hydrogen-bond donors (Lipinski definition) is 1. The molecule has 0 aliphatic rings. The van der Waals surface area contributed by atoms with E-state index in [1.165, 1.54) is 35.6 Å². The minimum absolute atomic E-state index is 0.0916. The number of rotatable bonds is 9. The van der Waals surface area contributed by atoms with Crippen LogP contribution >= 0.6 is 39.0 Å². The van der Waals surface area contributed by atoms with Crippen molar-refractivity contribution in [3.8, 4) is 5.75 Å². The fourth-order valence-electron chi connectivity index (χ4n) is 2.96. The van der Waals surface area contributed by atoms with Gasteiger partial charge < -0.3 is 4.74 Å². The maximum atomic E-state index is 13.0. The highest BCUT2D eigenvalue weighted by molar-refractivity contribution is 9.10. The molecule has 13 heteroatoms. The Morgan fingerprint density at radius 1 is 1.20 bits per heavy atom. The summed E-state index contributed by atoms with van der Waals surface area (Å²) >= 11 is 5.44. The van der Waals surface area contributed by atoms with Crippen LogP contribution in [-0.4, -0.2) is 38.6 Å². The van der Waals surface area contributed by atoms with Gasteiger partial charge >= 0.3 is 0 Å². The third-order valence-corrected chi connectivity index (χ3v) is 7.08. The number of carbonyl (C=O) groups is 2. The lowest BCUT2D eigenvalue weighted by Gasteiger charge is -2.13. The first-order chi connectivity index (χ1) is 16.8. The fraction of sp³-hybridized carbons (Fsp3) is 0.0909. The number of thiophene rings is 1. The molecule has 0 saturated heterocycles. The number of nitro benzene ring substituents is 1. The summed E-state index contributed by atoms with van der Waals surface area (Å²) in [4.78, 5) is 53.0. The van der Waals surface area contributed by atoms with E-state index in [0.29, 0.717) is 20.4 Å². The second kappa shape index (κ2) is 10.8. The fourth-order valence-corrected chi connectivity index (χ4v) is 4.96. The lowest BCUT2D eigenvalue weighted by Crippen LogP contribution is -2.37. The summed E-state index contributed by atoms with van der Waals surface area (Å²) in [6.07, 6.45) is 0. The van der Waals surface area contributed by atoms with Gasteiger partial charge in [0.2, 0.25) is 0 Å². The molecule has 1 N–H and O–H groups in total. The Kier molecular flexibility index (Phi) is 7.58. The number of amides is 1. The molecule has 4 rings (SSSR count). The van der Waals surface area contributed by atoms with E-state index < -0.39 is 22.2 Å². The van der Waals surface area contributed by atoms with Crippen LogP contribution in [0.25, 0.3) is 10.2 Å². The Balaban J connectivity index is 1.53. The normalized spacial score (nSPS) is 10.8. The number of nitro groups is 1. The van der Waals surface area contributed by atoms with Crippen molar-refractivity contribution in [3.05, 3.63) is 90.5 Å². The quantitative estimate of drug-likeness (QED) is 0.103. The molecule has 10 nitrogen and oxygen atoms in total. The second-order valence-corrected chi connectivity index (χ2v) is 9.66. The molecule has 0 aliphatic carbocycles. The maximum absolute atomic E-state index is 13.0. The summed E-state index contributed by atoms with van der Waals surface area (Å²) in [5.74, 6) is -0.702. The molecule has 4 aromatic rings. The van der Waals surface area contributed by atoms with E-state index in [1.54, 1.807) is 35.7 Å². The zero-order valence-electron chi connectivity index (χ0n) is 17.7. The minimum atomic E-state index is -0.604. The van der Waals surface area contributed by atoms with Gasteiger partial charge in [0.25, 0.3) is 17.2 Å². The summed E-state index contributed by atoms with van der Waals surface area (Å²) < 4.78 is 7.49. The third-order valence-electron chi connectivity index (χ3n) is 4.59. The number of benzene rings is 2. The number of nitrogens with zero attached hydrogens (tertiary/aromatic N) is 3. The van der Waals surface area contributed by atoms with E-state index in [0.717, 1.165) is 16.4 Å². The number of Topliss-reactive ketones (excluding diaryl/α,β-unsaturated/α-hetero) is 1. The van der Waals surface area contributed by atoms with Gasteiger partial charge in [-0.3, -0.25) is 29.9 Å². The number of para-hydroxylation sites is 1. The van der Waals surface area contributed by atoms with E-state index in [4.69, 9.17) is 4.74 Å².